The van der Waals surface area contributed by atoms with Crippen LogP contribution in [0.15, 0.2) is 60.4 Å². The molecule has 1 saturated heterocycles. The second-order valence-corrected chi connectivity index (χ2v) is 9.54. The van der Waals surface area contributed by atoms with Crippen molar-refractivity contribution < 1.29 is 23.4 Å². The fourth-order valence-corrected chi connectivity index (χ4v) is 5.17. The van der Waals surface area contributed by atoms with Gasteiger partial charge in [0, 0.05) is 32.0 Å². The summed E-state index contributed by atoms with van der Waals surface area (Å²) in [6, 6.07) is 12.4. The average molecular weight is 530 g/mol. The van der Waals surface area contributed by atoms with Gasteiger partial charge in [0.25, 0.3) is 0 Å². The molecule has 1 amide bonds. The number of nitrogens with zero attached hydrogens (tertiary/aromatic N) is 2. The van der Waals surface area contributed by atoms with E-state index in [-0.39, 0.29) is 18.1 Å². The molecule has 39 heavy (non-hydrogen) atoms. The average Bonchev–Trinajstić information content (AvgIpc) is 3.21. The number of carbonyl (C=O) groups excluding carboxylic acids is 1. The Bertz CT molecular complexity index is 1400. The molecule has 0 atom stereocenters. The highest BCUT2D eigenvalue weighted by molar-refractivity contribution is 6.08. The van der Waals surface area contributed by atoms with Gasteiger partial charge in [-0.3, -0.25) is 9.78 Å². The van der Waals surface area contributed by atoms with Crippen LogP contribution in [0.25, 0.3) is 17.2 Å². The summed E-state index contributed by atoms with van der Waals surface area (Å²) < 4.78 is 31.4. The minimum absolute atomic E-state index is 0.136. The highest BCUT2D eigenvalue weighted by atomic mass is 19.1. The summed E-state index contributed by atoms with van der Waals surface area (Å²) in [5, 5.41) is 2.95. The molecule has 0 spiro atoms. The minimum Gasteiger partial charge on any atom is -0.494 e. The number of allylic oxidation sites excluding steroid dienone is 2. The first kappa shape index (κ1) is 26.4. The third-order valence-corrected chi connectivity index (χ3v) is 7.14. The number of ether oxygens (including phenoxy) is 3. The second-order valence-electron chi connectivity index (χ2n) is 9.54. The summed E-state index contributed by atoms with van der Waals surface area (Å²) in [6.07, 6.45) is 5.60. The molecule has 3 aromatic rings. The van der Waals surface area contributed by atoms with Gasteiger partial charge in [-0.1, -0.05) is 12.1 Å². The molecular weight excluding hydrogens is 497 g/mol. The van der Waals surface area contributed by atoms with Gasteiger partial charge in [0.15, 0.2) is 0 Å². The van der Waals surface area contributed by atoms with E-state index in [0.29, 0.717) is 31.3 Å². The number of halogens is 1. The Morgan fingerprint density at radius 2 is 1.85 bits per heavy atom. The molecule has 0 radical (unpaired) electrons. The molecule has 1 N–H and O–H groups in total. The molecule has 0 bridgehead atoms. The number of rotatable bonds is 8. The topological polar surface area (TPSA) is 72.9 Å². The van der Waals surface area contributed by atoms with E-state index in [9.17, 15) is 9.18 Å². The predicted molar refractivity (Wildman–Crippen MR) is 150 cm³/mol. The van der Waals surface area contributed by atoms with Crippen LogP contribution >= 0.6 is 0 Å². The molecule has 2 aliphatic rings. The van der Waals surface area contributed by atoms with E-state index in [1.165, 1.54) is 12.1 Å². The smallest absolute Gasteiger partial charge is 0.224 e. The van der Waals surface area contributed by atoms with E-state index in [2.05, 4.69) is 15.2 Å². The Kier molecular flexibility index (Phi) is 7.93. The Balaban J connectivity index is 1.48. The Morgan fingerprint density at radius 1 is 1.10 bits per heavy atom. The first-order valence-corrected chi connectivity index (χ1v) is 12.9. The lowest BCUT2D eigenvalue weighted by Gasteiger charge is -2.31. The second kappa shape index (κ2) is 11.7. The van der Waals surface area contributed by atoms with Crippen LogP contribution in [0.1, 0.15) is 35.6 Å². The Hall–Kier alpha value is -4.17. The lowest BCUT2D eigenvalue weighted by Crippen LogP contribution is -2.36. The normalized spacial score (nSPS) is 15.9. The monoisotopic (exact) mass is 529 g/mol. The number of aromatic nitrogens is 1. The summed E-state index contributed by atoms with van der Waals surface area (Å²) in [5.41, 5.74) is 7.00. The number of anilines is 1. The summed E-state index contributed by atoms with van der Waals surface area (Å²) in [4.78, 5) is 19.2. The molecule has 2 heterocycles. The predicted octanol–water partition coefficient (Wildman–Crippen LogP) is 5.11. The Morgan fingerprint density at radius 3 is 2.51 bits per heavy atom. The van der Waals surface area contributed by atoms with E-state index in [1.54, 1.807) is 32.7 Å². The van der Waals surface area contributed by atoms with Crippen LogP contribution < -0.4 is 19.7 Å². The molecule has 0 unspecified atom stereocenters. The van der Waals surface area contributed by atoms with Crippen molar-refractivity contribution in [3.63, 3.8) is 0 Å². The van der Waals surface area contributed by atoms with E-state index in [1.807, 2.05) is 37.3 Å². The van der Waals surface area contributed by atoms with E-state index in [4.69, 9.17) is 14.2 Å². The molecule has 202 valence electrons. The van der Waals surface area contributed by atoms with Gasteiger partial charge < -0.3 is 24.4 Å². The van der Waals surface area contributed by atoms with Gasteiger partial charge in [0.1, 0.15) is 23.0 Å². The van der Waals surface area contributed by atoms with Gasteiger partial charge in [0.05, 0.1) is 33.9 Å². The number of amides is 1. The fourth-order valence-electron chi connectivity index (χ4n) is 5.17. The summed E-state index contributed by atoms with van der Waals surface area (Å²) in [6.45, 7) is 5.15. The number of morpholine rings is 1. The van der Waals surface area contributed by atoms with Crippen molar-refractivity contribution in [2.45, 2.75) is 19.9 Å². The van der Waals surface area contributed by atoms with Crippen molar-refractivity contribution in [3.8, 4) is 11.5 Å². The van der Waals surface area contributed by atoms with E-state index < -0.39 is 0 Å². The van der Waals surface area contributed by atoms with Crippen LogP contribution in [0, 0.1) is 5.82 Å². The lowest BCUT2D eigenvalue weighted by atomic mass is 10.00. The molecular formula is C31H32FN3O4. The van der Waals surface area contributed by atoms with Gasteiger partial charge in [-0.15, -0.1) is 0 Å². The number of carbonyl (C=O) groups is 1. The van der Waals surface area contributed by atoms with Crippen molar-refractivity contribution in [2.24, 2.45) is 0 Å². The zero-order valence-electron chi connectivity index (χ0n) is 22.4. The number of benzene rings is 2. The van der Waals surface area contributed by atoms with Crippen LogP contribution in [0.2, 0.25) is 0 Å². The number of fused-ring (bicyclic) bond motifs is 1. The highest BCUT2D eigenvalue weighted by Gasteiger charge is 2.27. The van der Waals surface area contributed by atoms with Gasteiger partial charge >= 0.3 is 0 Å². The fraction of sp³-hybridized carbons (Fsp3) is 0.290. The summed E-state index contributed by atoms with van der Waals surface area (Å²) in [7, 11) is 3.30. The van der Waals surface area contributed by atoms with Gasteiger partial charge in [-0.05, 0) is 82.3 Å². The van der Waals surface area contributed by atoms with E-state index in [0.717, 1.165) is 57.8 Å². The molecule has 0 saturated carbocycles. The van der Waals surface area contributed by atoms with Gasteiger partial charge in [-0.25, -0.2) is 4.39 Å². The third kappa shape index (κ3) is 5.66. The first-order valence-electron chi connectivity index (χ1n) is 12.9. The largest absolute Gasteiger partial charge is 0.494 e. The number of pyridine rings is 1. The highest BCUT2D eigenvalue weighted by Crippen LogP contribution is 2.45. The van der Waals surface area contributed by atoms with Crippen molar-refractivity contribution in [1.29, 1.82) is 0 Å². The molecule has 1 aliphatic carbocycles. The Labute approximate surface area is 227 Å². The van der Waals surface area contributed by atoms with Crippen LogP contribution in [-0.4, -0.2) is 51.4 Å². The molecule has 2 aromatic carbocycles. The molecule has 1 aromatic heterocycles. The maximum Gasteiger partial charge on any atom is 0.224 e. The van der Waals surface area contributed by atoms with Crippen molar-refractivity contribution >= 4 is 28.8 Å². The molecule has 7 nitrogen and oxygen atoms in total. The maximum absolute atomic E-state index is 14.3. The number of methoxy groups -OCH3 is 2. The maximum atomic E-state index is 14.3. The molecule has 1 fully saturated rings. The number of hydrogen-bond acceptors (Lipinski definition) is 6. The van der Waals surface area contributed by atoms with Gasteiger partial charge in [-0.2, -0.15) is 0 Å². The van der Waals surface area contributed by atoms with Crippen LogP contribution in [0.4, 0.5) is 10.1 Å². The summed E-state index contributed by atoms with van der Waals surface area (Å²) >= 11 is 0. The standard InChI is InChI=1S/C31H32FN3O4/c1-20-25(13-22-14-28(37-2)31(29(15-22)38-3)35-9-11-39-12-10-35)24-7-6-23(32)16-27(24)26(20)17-30(36)34-19-21-5-4-8-33-18-21/h4-8,13-16,18H,9-12,17,19H2,1-3H3,(H,34,36)/b25-13-. The summed E-state index contributed by atoms with van der Waals surface area (Å²) in [5.74, 6) is 0.936. The minimum atomic E-state index is -0.339. The van der Waals surface area contributed by atoms with Gasteiger partial charge in [0.2, 0.25) is 5.91 Å². The lowest BCUT2D eigenvalue weighted by molar-refractivity contribution is -0.120. The van der Waals surface area contributed by atoms with E-state index >= 15 is 0 Å². The van der Waals surface area contributed by atoms with Crippen LogP contribution in [0.5, 0.6) is 11.5 Å². The van der Waals surface area contributed by atoms with Crippen LogP contribution in [0.3, 0.4) is 0 Å². The number of nitrogens with one attached hydrogen (secondary N) is 1. The zero-order chi connectivity index (χ0) is 27.4. The molecule has 1 aliphatic heterocycles. The zero-order valence-corrected chi connectivity index (χ0v) is 22.4. The SMILES string of the molecule is COc1cc(/C=C2/C(C)=C(CC(=O)NCc3cccnc3)c3cc(F)ccc32)cc(OC)c1N1CCOCC1. The molecule has 8 heteroatoms. The third-order valence-electron chi connectivity index (χ3n) is 7.14. The first-order chi connectivity index (χ1) is 19.0. The van der Waals surface area contributed by atoms with Crippen LogP contribution in [-0.2, 0) is 16.1 Å². The van der Waals surface area contributed by atoms with Crippen molar-refractivity contribution in [3.05, 3.63) is 88.5 Å². The van der Waals surface area contributed by atoms with Crippen molar-refractivity contribution in [1.82, 2.24) is 10.3 Å². The van der Waals surface area contributed by atoms with Crippen molar-refractivity contribution in [2.75, 3.05) is 45.4 Å². The number of hydrogen-bond donors (Lipinski definition) is 1. The molecule has 5 rings (SSSR count). The quantitative estimate of drug-likeness (QED) is 0.437.